The van der Waals surface area contributed by atoms with E-state index in [1.165, 1.54) is 0 Å². The van der Waals surface area contributed by atoms with E-state index in [1.807, 2.05) is 0 Å². The van der Waals surface area contributed by atoms with E-state index in [-0.39, 0.29) is 12.3 Å². The molecule has 0 aromatic rings. The quantitative estimate of drug-likeness (QED) is 0.629. The maximum atomic E-state index is 10.7. The molecule has 0 aromatic carbocycles. The first kappa shape index (κ1) is 10.1. The summed E-state index contributed by atoms with van der Waals surface area (Å²) in [5.74, 6) is -0.973. The van der Waals surface area contributed by atoms with E-state index in [0.717, 1.165) is 12.8 Å². The molecule has 5 heteroatoms. The lowest BCUT2D eigenvalue weighted by molar-refractivity contribution is -0.138. The van der Waals surface area contributed by atoms with Gasteiger partial charge in [0, 0.05) is 19.5 Å². The zero-order chi connectivity index (χ0) is 9.84. The Hall–Kier alpha value is -0.995. The average Bonchev–Trinajstić information content (AvgIpc) is 2.04. The van der Waals surface area contributed by atoms with Gasteiger partial charge in [0.15, 0.2) is 5.81 Å². The van der Waals surface area contributed by atoms with E-state index < -0.39 is 11.8 Å². The maximum absolute atomic E-state index is 10.7. The van der Waals surface area contributed by atoms with Gasteiger partial charge in [-0.1, -0.05) is 0 Å². The van der Waals surface area contributed by atoms with Crippen molar-refractivity contribution in [3.63, 3.8) is 0 Å². The molecule has 2 radical (unpaired) electrons. The Balaban J connectivity index is 2.30. The molecule has 1 heterocycles. The minimum atomic E-state index is -0.766. The van der Waals surface area contributed by atoms with Crippen molar-refractivity contribution >= 4 is 19.6 Å². The van der Waals surface area contributed by atoms with Crippen molar-refractivity contribution in [1.82, 2.24) is 4.90 Å². The Morgan fingerprint density at radius 2 is 1.92 bits per heavy atom. The van der Waals surface area contributed by atoms with Crippen LogP contribution in [0, 0.1) is 5.92 Å². The summed E-state index contributed by atoms with van der Waals surface area (Å²) in [6.45, 7) is 1.18. The smallest absolute Gasteiger partial charge is 0.303 e. The first-order valence-corrected chi connectivity index (χ1v) is 4.35. The van der Waals surface area contributed by atoms with E-state index in [0.29, 0.717) is 13.1 Å². The highest BCUT2D eigenvalue weighted by atomic mass is 16.4. The van der Waals surface area contributed by atoms with Gasteiger partial charge in [0.1, 0.15) is 0 Å². The van der Waals surface area contributed by atoms with Crippen molar-refractivity contribution in [3.05, 3.63) is 0 Å². The minimum absolute atomic E-state index is 0.201. The summed E-state index contributed by atoms with van der Waals surface area (Å²) in [7, 11) is 5.08. The second-order valence-electron chi connectivity index (χ2n) is 3.37. The van der Waals surface area contributed by atoms with Crippen LogP contribution in [0.15, 0.2) is 0 Å². The van der Waals surface area contributed by atoms with Crippen LogP contribution in [-0.2, 0) is 4.79 Å². The van der Waals surface area contributed by atoms with Crippen LogP contribution in [0.4, 0.5) is 4.79 Å². The number of likely N-dealkylation sites (tertiary alicyclic amines) is 1. The SMILES string of the molecule is [B]C(=O)N1CCC(CC(=O)O)CC1. The number of rotatable bonds is 2. The Morgan fingerprint density at radius 3 is 2.31 bits per heavy atom. The molecular formula is C8H12BNO3. The molecule has 0 aromatic heterocycles. The highest BCUT2D eigenvalue weighted by Gasteiger charge is 2.21. The van der Waals surface area contributed by atoms with Crippen LogP contribution >= 0.6 is 0 Å². The molecule has 0 saturated carbocycles. The van der Waals surface area contributed by atoms with Crippen molar-refractivity contribution in [2.24, 2.45) is 5.92 Å². The topological polar surface area (TPSA) is 57.6 Å². The molecule has 1 aliphatic heterocycles. The lowest BCUT2D eigenvalue weighted by Gasteiger charge is -2.30. The monoisotopic (exact) mass is 181 g/mol. The van der Waals surface area contributed by atoms with Crippen molar-refractivity contribution < 1.29 is 14.7 Å². The first-order chi connectivity index (χ1) is 6.09. The molecule has 13 heavy (non-hydrogen) atoms. The Bertz CT molecular complexity index is 211. The van der Waals surface area contributed by atoms with Crippen LogP contribution in [0.3, 0.4) is 0 Å². The third-order valence-electron chi connectivity index (χ3n) is 2.39. The second kappa shape index (κ2) is 4.30. The van der Waals surface area contributed by atoms with Gasteiger partial charge in [0.25, 0.3) is 0 Å². The van der Waals surface area contributed by atoms with Gasteiger partial charge >= 0.3 is 5.97 Å². The Kier molecular flexibility index (Phi) is 3.34. The Morgan fingerprint density at radius 1 is 1.38 bits per heavy atom. The van der Waals surface area contributed by atoms with Crippen LogP contribution in [0.2, 0.25) is 0 Å². The lowest BCUT2D eigenvalue weighted by Crippen LogP contribution is -2.38. The maximum Gasteiger partial charge on any atom is 0.303 e. The lowest BCUT2D eigenvalue weighted by atomic mass is 9.92. The largest absolute Gasteiger partial charge is 0.481 e. The molecule has 4 nitrogen and oxygen atoms in total. The van der Waals surface area contributed by atoms with Crippen molar-refractivity contribution in [2.75, 3.05) is 13.1 Å². The number of aliphatic carboxylic acids is 1. The third kappa shape index (κ3) is 3.09. The normalized spacial score (nSPS) is 18.6. The predicted octanol–water partition coefficient (Wildman–Crippen LogP) is 0.462. The van der Waals surface area contributed by atoms with Gasteiger partial charge in [0.2, 0.25) is 7.85 Å². The van der Waals surface area contributed by atoms with Crippen LogP contribution < -0.4 is 0 Å². The number of hydrogen-bond donors (Lipinski definition) is 1. The van der Waals surface area contributed by atoms with Crippen LogP contribution in [-0.4, -0.2) is 42.7 Å². The molecule has 0 atom stereocenters. The summed E-state index contributed by atoms with van der Waals surface area (Å²) in [4.78, 5) is 22.6. The van der Waals surface area contributed by atoms with Crippen molar-refractivity contribution in [3.8, 4) is 0 Å². The van der Waals surface area contributed by atoms with Crippen LogP contribution in [0.5, 0.6) is 0 Å². The van der Waals surface area contributed by atoms with E-state index in [4.69, 9.17) is 13.0 Å². The molecule has 1 aliphatic rings. The number of piperidine rings is 1. The molecule has 70 valence electrons. The fourth-order valence-electron chi connectivity index (χ4n) is 1.60. The highest BCUT2D eigenvalue weighted by Crippen LogP contribution is 2.20. The number of carbonyl (C=O) groups is 2. The minimum Gasteiger partial charge on any atom is -0.481 e. The van der Waals surface area contributed by atoms with Crippen molar-refractivity contribution in [1.29, 1.82) is 0 Å². The molecule has 0 spiro atoms. The van der Waals surface area contributed by atoms with Gasteiger partial charge < -0.3 is 10.0 Å². The molecular weight excluding hydrogens is 169 g/mol. The number of carboxylic acid groups (broad SMARTS) is 1. The van der Waals surface area contributed by atoms with Gasteiger partial charge in [-0.2, -0.15) is 0 Å². The number of nitrogens with zero attached hydrogens (tertiary/aromatic N) is 1. The van der Waals surface area contributed by atoms with Crippen LogP contribution in [0.1, 0.15) is 19.3 Å². The molecule has 0 bridgehead atoms. The van der Waals surface area contributed by atoms with Gasteiger partial charge in [-0.25, -0.2) is 0 Å². The second-order valence-corrected chi connectivity index (χ2v) is 3.37. The zero-order valence-corrected chi connectivity index (χ0v) is 7.40. The Labute approximate surface area is 78.3 Å². The van der Waals surface area contributed by atoms with Gasteiger partial charge in [-0.05, 0) is 18.8 Å². The summed E-state index contributed by atoms with van der Waals surface area (Å²) in [6, 6.07) is 0. The number of carbonyl (C=O) groups excluding carboxylic acids is 1. The van der Waals surface area contributed by atoms with Gasteiger partial charge in [-0.3, -0.25) is 9.59 Å². The molecule has 0 aliphatic carbocycles. The zero-order valence-electron chi connectivity index (χ0n) is 7.40. The standard InChI is InChI=1S/C8H12BNO3/c9-8(13)10-3-1-6(2-4-10)5-7(11)12/h6H,1-5H2,(H,11,12). The summed E-state index contributed by atoms with van der Waals surface area (Å²) in [5.41, 5.74) is 0. The first-order valence-electron chi connectivity index (χ1n) is 4.35. The molecule has 1 rings (SSSR count). The average molecular weight is 181 g/mol. The van der Waals surface area contributed by atoms with E-state index in [2.05, 4.69) is 0 Å². The number of carboxylic acids is 1. The fourth-order valence-corrected chi connectivity index (χ4v) is 1.60. The van der Waals surface area contributed by atoms with Crippen molar-refractivity contribution in [2.45, 2.75) is 19.3 Å². The summed E-state index contributed by atoms with van der Waals surface area (Å²) < 4.78 is 0. The molecule has 1 fully saturated rings. The fraction of sp³-hybridized carbons (Fsp3) is 0.750. The number of amides is 1. The molecule has 1 amide bonds. The molecule has 1 saturated heterocycles. The van der Waals surface area contributed by atoms with E-state index in [9.17, 15) is 9.59 Å². The van der Waals surface area contributed by atoms with E-state index in [1.54, 1.807) is 4.90 Å². The third-order valence-corrected chi connectivity index (χ3v) is 2.39. The van der Waals surface area contributed by atoms with Crippen LogP contribution in [0.25, 0.3) is 0 Å². The van der Waals surface area contributed by atoms with E-state index >= 15 is 0 Å². The predicted molar refractivity (Wildman–Crippen MR) is 47.7 cm³/mol. The summed E-state index contributed by atoms with van der Waals surface area (Å²) in [6.07, 6.45) is 1.69. The molecule has 0 unspecified atom stereocenters. The molecule has 1 N–H and O–H groups in total. The summed E-state index contributed by atoms with van der Waals surface area (Å²) >= 11 is 0. The summed E-state index contributed by atoms with van der Waals surface area (Å²) in [5, 5.41) is 8.54. The van der Waals surface area contributed by atoms with Gasteiger partial charge in [-0.15, -0.1) is 0 Å². The highest BCUT2D eigenvalue weighted by molar-refractivity contribution is 6.56. The van der Waals surface area contributed by atoms with Gasteiger partial charge in [0.05, 0.1) is 0 Å². The number of hydrogen-bond acceptors (Lipinski definition) is 2.